The molecule has 0 radical (unpaired) electrons. The summed E-state index contributed by atoms with van der Waals surface area (Å²) in [6, 6.07) is 15.6. The number of nitrogens with one attached hydrogen (secondary N) is 2. The van der Waals surface area contributed by atoms with Crippen LogP contribution in [-0.2, 0) is 0 Å². The van der Waals surface area contributed by atoms with Crippen LogP contribution in [0.1, 0.15) is 16.1 Å². The molecule has 2 N–H and O–H groups in total. The molecule has 0 aliphatic rings. The molecule has 0 fully saturated rings. The lowest BCUT2D eigenvalue weighted by molar-refractivity contribution is 0.102. The minimum atomic E-state index is -0.257. The lowest BCUT2D eigenvalue weighted by atomic mass is 10.2. The summed E-state index contributed by atoms with van der Waals surface area (Å²) in [6.07, 6.45) is 1.61. The minimum absolute atomic E-state index is 0.257. The van der Waals surface area contributed by atoms with Gasteiger partial charge in [-0.05, 0) is 49.0 Å². The molecule has 0 unspecified atom stereocenters. The fourth-order valence-corrected chi connectivity index (χ4v) is 3.84. The first kappa shape index (κ1) is 15.7. The van der Waals surface area contributed by atoms with Gasteiger partial charge in [0.1, 0.15) is 5.69 Å². The summed E-state index contributed by atoms with van der Waals surface area (Å²) in [4.78, 5) is 20.1. The fourth-order valence-electron chi connectivity index (χ4n) is 2.62. The Labute approximate surface area is 153 Å². The Kier molecular flexibility index (Phi) is 3.95. The van der Waals surface area contributed by atoms with Gasteiger partial charge in [-0.25, -0.2) is 4.98 Å². The first-order chi connectivity index (χ1) is 12.1. The molecule has 0 saturated carbocycles. The second-order valence-corrected chi connectivity index (χ2v) is 7.01. The predicted octanol–water partition coefficient (Wildman–Crippen LogP) is 4.71. The van der Waals surface area contributed by atoms with E-state index in [0.717, 1.165) is 21.5 Å². The molecule has 2 aromatic carbocycles. The molecule has 1 amide bonds. The van der Waals surface area contributed by atoms with Gasteiger partial charge in [0.05, 0.1) is 10.2 Å². The summed E-state index contributed by atoms with van der Waals surface area (Å²) in [5.41, 5.74) is 3.31. The van der Waals surface area contributed by atoms with Crippen molar-refractivity contribution in [1.29, 1.82) is 0 Å². The van der Waals surface area contributed by atoms with Crippen LogP contribution in [0.25, 0.3) is 15.9 Å². The highest BCUT2D eigenvalue weighted by atomic mass is 32.1. The maximum absolute atomic E-state index is 12.7. The van der Waals surface area contributed by atoms with Crippen molar-refractivity contribution < 1.29 is 4.79 Å². The van der Waals surface area contributed by atoms with Crippen LogP contribution in [0.5, 0.6) is 0 Å². The quantitative estimate of drug-likeness (QED) is 0.516. The average molecular weight is 366 g/mol. The number of para-hydroxylation sites is 1. The fraction of sp³-hybridized carbons (Fsp3) is 0.0556. The van der Waals surface area contributed by atoms with Crippen molar-refractivity contribution in [3.05, 3.63) is 70.8 Å². The Morgan fingerprint density at radius 1 is 1.24 bits per heavy atom. The molecular formula is C18H14N4OS2. The van der Waals surface area contributed by atoms with Crippen LogP contribution in [0.3, 0.4) is 0 Å². The van der Waals surface area contributed by atoms with E-state index in [1.54, 1.807) is 10.8 Å². The molecule has 4 aromatic rings. The number of hydrogen-bond acceptors (Lipinski definition) is 4. The second-order valence-electron chi connectivity index (χ2n) is 5.59. The van der Waals surface area contributed by atoms with Crippen molar-refractivity contribution in [2.75, 3.05) is 5.32 Å². The minimum Gasteiger partial charge on any atom is -0.336 e. The zero-order chi connectivity index (χ0) is 17.4. The van der Waals surface area contributed by atoms with Gasteiger partial charge in [0.15, 0.2) is 9.90 Å². The van der Waals surface area contributed by atoms with Gasteiger partial charge < -0.3 is 4.98 Å². The predicted molar refractivity (Wildman–Crippen MR) is 103 cm³/mol. The maximum Gasteiger partial charge on any atom is 0.276 e. The number of benzene rings is 2. The standard InChI is InChI=1S/C18H14N4OS2/c1-11-7-8-13-15(9-11)25-17(20-13)21-16(23)14-10-19-18(24)22(14)12-5-3-2-4-6-12/h2-10H,1H3,(H,19,24)(H,20,21,23). The van der Waals surface area contributed by atoms with Crippen LogP contribution in [0.15, 0.2) is 54.7 Å². The third-order valence-electron chi connectivity index (χ3n) is 3.79. The molecule has 0 aliphatic heterocycles. The number of aromatic nitrogens is 3. The van der Waals surface area contributed by atoms with Crippen LogP contribution >= 0.6 is 23.6 Å². The normalized spacial score (nSPS) is 10.9. The van der Waals surface area contributed by atoms with Crippen LogP contribution in [0, 0.1) is 11.7 Å². The first-order valence-electron chi connectivity index (χ1n) is 7.66. The smallest absolute Gasteiger partial charge is 0.276 e. The van der Waals surface area contributed by atoms with E-state index in [1.165, 1.54) is 11.3 Å². The molecule has 25 heavy (non-hydrogen) atoms. The molecule has 0 bridgehead atoms. The van der Waals surface area contributed by atoms with Gasteiger partial charge in [-0.2, -0.15) is 0 Å². The third-order valence-corrected chi connectivity index (χ3v) is 5.02. The summed E-state index contributed by atoms with van der Waals surface area (Å²) in [5.74, 6) is -0.257. The van der Waals surface area contributed by atoms with Crippen molar-refractivity contribution in [3.8, 4) is 5.69 Å². The van der Waals surface area contributed by atoms with Gasteiger partial charge in [0.25, 0.3) is 5.91 Å². The highest BCUT2D eigenvalue weighted by Gasteiger charge is 2.16. The molecule has 5 nitrogen and oxygen atoms in total. The third kappa shape index (κ3) is 2.99. The van der Waals surface area contributed by atoms with Gasteiger partial charge in [-0.15, -0.1) is 0 Å². The molecule has 2 heterocycles. The second kappa shape index (κ2) is 6.27. The summed E-state index contributed by atoms with van der Waals surface area (Å²) in [5, 5.41) is 3.44. The summed E-state index contributed by atoms with van der Waals surface area (Å²) >= 11 is 6.77. The average Bonchev–Trinajstić information content (AvgIpc) is 3.18. The van der Waals surface area contributed by atoms with Crippen molar-refractivity contribution >= 4 is 44.8 Å². The van der Waals surface area contributed by atoms with E-state index in [4.69, 9.17) is 12.2 Å². The largest absolute Gasteiger partial charge is 0.336 e. The van der Waals surface area contributed by atoms with Crippen molar-refractivity contribution in [2.45, 2.75) is 6.92 Å². The van der Waals surface area contributed by atoms with Crippen LogP contribution in [0.4, 0.5) is 5.13 Å². The highest BCUT2D eigenvalue weighted by Crippen LogP contribution is 2.27. The number of aromatic amines is 1. The number of rotatable bonds is 3. The SMILES string of the molecule is Cc1ccc2nc(NC(=O)c3c[nH]c(=S)n3-c3ccccc3)sc2c1. The van der Waals surface area contributed by atoms with Gasteiger partial charge >= 0.3 is 0 Å². The molecule has 0 atom stereocenters. The zero-order valence-corrected chi connectivity index (χ0v) is 14.9. The van der Waals surface area contributed by atoms with E-state index in [0.29, 0.717) is 15.6 Å². The van der Waals surface area contributed by atoms with Crippen molar-refractivity contribution in [1.82, 2.24) is 14.5 Å². The van der Waals surface area contributed by atoms with Crippen LogP contribution in [-0.4, -0.2) is 20.4 Å². The van der Waals surface area contributed by atoms with Crippen molar-refractivity contribution in [3.63, 3.8) is 0 Å². The summed E-state index contributed by atoms with van der Waals surface area (Å²) in [6.45, 7) is 2.03. The Hall–Kier alpha value is -2.77. The highest BCUT2D eigenvalue weighted by molar-refractivity contribution is 7.71. The van der Waals surface area contributed by atoms with Crippen LogP contribution in [0.2, 0.25) is 0 Å². The zero-order valence-electron chi connectivity index (χ0n) is 13.3. The number of H-pyrrole nitrogens is 1. The van der Waals surface area contributed by atoms with E-state index in [2.05, 4.69) is 21.4 Å². The number of imidazole rings is 1. The molecule has 2 aromatic heterocycles. The van der Waals surface area contributed by atoms with E-state index in [9.17, 15) is 4.79 Å². The molecule has 0 aliphatic carbocycles. The number of fused-ring (bicyclic) bond motifs is 1. The van der Waals surface area contributed by atoms with Gasteiger partial charge in [-0.1, -0.05) is 35.6 Å². The first-order valence-corrected chi connectivity index (χ1v) is 8.89. The monoisotopic (exact) mass is 366 g/mol. The van der Waals surface area contributed by atoms with E-state index in [1.807, 2.05) is 49.4 Å². The Bertz CT molecular complexity index is 1120. The van der Waals surface area contributed by atoms with Gasteiger partial charge in [0.2, 0.25) is 0 Å². The number of carbonyl (C=O) groups is 1. The van der Waals surface area contributed by atoms with E-state index < -0.39 is 0 Å². The van der Waals surface area contributed by atoms with Crippen LogP contribution < -0.4 is 5.32 Å². The Morgan fingerprint density at radius 3 is 2.84 bits per heavy atom. The van der Waals surface area contributed by atoms with Gasteiger partial charge in [-0.3, -0.25) is 14.7 Å². The molecule has 0 saturated heterocycles. The number of hydrogen-bond donors (Lipinski definition) is 2. The topological polar surface area (TPSA) is 62.7 Å². The lowest BCUT2D eigenvalue weighted by Gasteiger charge is -2.07. The van der Waals surface area contributed by atoms with Gasteiger partial charge in [0, 0.05) is 11.9 Å². The Balaban J connectivity index is 1.68. The van der Waals surface area contributed by atoms with E-state index in [-0.39, 0.29) is 5.91 Å². The molecule has 0 spiro atoms. The maximum atomic E-state index is 12.7. The summed E-state index contributed by atoms with van der Waals surface area (Å²) in [7, 11) is 0. The number of amides is 1. The number of carbonyl (C=O) groups excluding carboxylic acids is 1. The van der Waals surface area contributed by atoms with Crippen molar-refractivity contribution in [2.24, 2.45) is 0 Å². The number of anilines is 1. The molecular weight excluding hydrogens is 352 g/mol. The molecule has 7 heteroatoms. The lowest BCUT2D eigenvalue weighted by Crippen LogP contribution is -2.16. The van der Waals surface area contributed by atoms with E-state index >= 15 is 0 Å². The number of aryl methyl sites for hydroxylation is 1. The number of thiazole rings is 1. The Morgan fingerprint density at radius 2 is 2.04 bits per heavy atom. The number of nitrogens with zero attached hydrogens (tertiary/aromatic N) is 2. The molecule has 4 rings (SSSR count). The molecule has 124 valence electrons. The summed E-state index contributed by atoms with van der Waals surface area (Å²) < 4.78 is 3.22.